The van der Waals surface area contributed by atoms with Gasteiger partial charge in [-0.2, -0.15) is 13.2 Å². The Morgan fingerprint density at radius 1 is 1.02 bits per heavy atom. The molecule has 224 valence electrons. The highest BCUT2D eigenvalue weighted by atomic mass is 19.4. The molecule has 6 nitrogen and oxygen atoms in total. The monoisotopic (exact) mass is 582 g/mol. The number of halogens is 3. The van der Waals surface area contributed by atoms with Crippen molar-refractivity contribution in [2.45, 2.75) is 51.7 Å². The van der Waals surface area contributed by atoms with Gasteiger partial charge in [0.15, 0.2) is 0 Å². The van der Waals surface area contributed by atoms with Crippen LogP contribution in [0.3, 0.4) is 0 Å². The summed E-state index contributed by atoms with van der Waals surface area (Å²) in [5.41, 5.74) is 4.65. The summed E-state index contributed by atoms with van der Waals surface area (Å²) in [6, 6.07) is 19.5. The van der Waals surface area contributed by atoms with Crippen molar-refractivity contribution in [1.82, 2.24) is 4.90 Å². The van der Waals surface area contributed by atoms with Gasteiger partial charge in [0.2, 0.25) is 0 Å². The number of carbonyl (C=O) groups excluding carboxylic acids is 2. The molecule has 0 aromatic heterocycles. The van der Waals surface area contributed by atoms with Gasteiger partial charge in [-0.1, -0.05) is 30.3 Å². The Kier molecular flexibility index (Phi) is 10.1. The normalized spacial score (nSPS) is 16.0. The Labute approximate surface area is 244 Å². The van der Waals surface area contributed by atoms with Gasteiger partial charge < -0.3 is 19.7 Å². The average molecular weight is 583 g/mol. The van der Waals surface area contributed by atoms with Crippen molar-refractivity contribution in [2.24, 2.45) is 5.92 Å². The van der Waals surface area contributed by atoms with E-state index in [1.807, 2.05) is 49.4 Å². The fourth-order valence-corrected chi connectivity index (χ4v) is 5.35. The number of anilines is 1. The van der Waals surface area contributed by atoms with Crippen molar-refractivity contribution in [2.75, 3.05) is 32.1 Å². The fourth-order valence-electron chi connectivity index (χ4n) is 5.35. The number of nitrogens with zero attached hydrogens (tertiary/aromatic N) is 1. The van der Waals surface area contributed by atoms with Crippen LogP contribution >= 0.6 is 0 Å². The Balaban J connectivity index is 1.49. The predicted molar refractivity (Wildman–Crippen MR) is 157 cm³/mol. The fraction of sp³-hybridized carbons (Fsp3) is 0.394. The minimum absolute atomic E-state index is 0.143. The second kappa shape index (κ2) is 13.8. The zero-order chi connectivity index (χ0) is 30.3. The smallest absolute Gasteiger partial charge is 0.389 e. The zero-order valence-corrected chi connectivity index (χ0v) is 24.2. The Morgan fingerprint density at radius 2 is 1.71 bits per heavy atom. The van der Waals surface area contributed by atoms with Crippen molar-refractivity contribution >= 4 is 17.6 Å². The lowest BCUT2D eigenvalue weighted by Crippen LogP contribution is -2.42. The molecule has 3 aromatic rings. The molecule has 1 heterocycles. The lowest BCUT2D eigenvalue weighted by Gasteiger charge is -2.31. The first-order valence-corrected chi connectivity index (χ1v) is 14.2. The summed E-state index contributed by atoms with van der Waals surface area (Å²) >= 11 is 0. The van der Waals surface area contributed by atoms with Crippen LogP contribution in [0.2, 0.25) is 0 Å². The van der Waals surface area contributed by atoms with E-state index in [2.05, 4.69) is 5.32 Å². The van der Waals surface area contributed by atoms with Crippen molar-refractivity contribution in [1.29, 1.82) is 0 Å². The van der Waals surface area contributed by atoms with E-state index in [-0.39, 0.29) is 24.2 Å². The van der Waals surface area contributed by atoms with E-state index in [9.17, 15) is 22.8 Å². The summed E-state index contributed by atoms with van der Waals surface area (Å²) in [5, 5.41) is 3.26. The number of nitrogens with one attached hydrogen (secondary N) is 1. The van der Waals surface area contributed by atoms with Crippen LogP contribution in [0, 0.1) is 12.8 Å². The topological polar surface area (TPSA) is 67.9 Å². The number of hydrogen-bond donors (Lipinski definition) is 1. The van der Waals surface area contributed by atoms with Crippen LogP contribution in [0.15, 0.2) is 66.7 Å². The molecule has 0 aliphatic carbocycles. The summed E-state index contributed by atoms with van der Waals surface area (Å²) in [6.45, 7) is 4.82. The molecule has 0 spiro atoms. The molecule has 0 saturated carbocycles. The molecule has 1 aliphatic rings. The van der Waals surface area contributed by atoms with Crippen LogP contribution in [-0.2, 0) is 9.53 Å². The first-order chi connectivity index (χ1) is 20.1. The number of carbonyl (C=O) groups is 2. The molecule has 4 rings (SSSR count). The van der Waals surface area contributed by atoms with Crippen molar-refractivity contribution < 1.29 is 32.2 Å². The molecule has 1 amide bonds. The third-order valence-corrected chi connectivity index (χ3v) is 7.59. The van der Waals surface area contributed by atoms with Crippen LogP contribution in [0.4, 0.5) is 18.9 Å². The number of amides is 1. The highest BCUT2D eigenvalue weighted by Gasteiger charge is 2.31. The Morgan fingerprint density at radius 3 is 2.33 bits per heavy atom. The van der Waals surface area contributed by atoms with Crippen molar-refractivity contribution in [3.63, 3.8) is 0 Å². The van der Waals surface area contributed by atoms with Gasteiger partial charge in [-0.25, -0.2) is 0 Å². The van der Waals surface area contributed by atoms with Crippen LogP contribution < -0.4 is 10.1 Å². The lowest BCUT2D eigenvalue weighted by molar-refractivity contribution is -0.149. The maximum Gasteiger partial charge on any atom is 0.389 e. The third kappa shape index (κ3) is 8.05. The molecular weight excluding hydrogens is 545 g/mol. The first kappa shape index (κ1) is 30.9. The molecule has 1 saturated heterocycles. The van der Waals surface area contributed by atoms with E-state index in [4.69, 9.17) is 9.47 Å². The second-order valence-electron chi connectivity index (χ2n) is 10.6. The molecule has 1 aliphatic heterocycles. The van der Waals surface area contributed by atoms with Gasteiger partial charge in [-0.15, -0.1) is 0 Å². The highest BCUT2D eigenvalue weighted by Crippen LogP contribution is 2.34. The van der Waals surface area contributed by atoms with Gasteiger partial charge in [0, 0.05) is 30.8 Å². The molecule has 0 radical (unpaired) electrons. The number of esters is 1. The van der Waals surface area contributed by atoms with Gasteiger partial charge in [-0.3, -0.25) is 9.59 Å². The summed E-state index contributed by atoms with van der Waals surface area (Å²) in [7, 11) is 1.60. The van der Waals surface area contributed by atoms with Crippen LogP contribution in [0.5, 0.6) is 5.75 Å². The molecular formula is C33H37F3N2O4. The number of alkyl halides is 3. The average Bonchev–Trinajstić information content (AvgIpc) is 2.99. The molecule has 2 atom stereocenters. The van der Waals surface area contributed by atoms with Gasteiger partial charge in [-0.05, 0) is 91.8 Å². The molecule has 1 unspecified atom stereocenters. The number of hydrogen-bond acceptors (Lipinski definition) is 5. The number of rotatable bonds is 10. The predicted octanol–water partition coefficient (Wildman–Crippen LogP) is 7.58. The summed E-state index contributed by atoms with van der Waals surface area (Å²) in [5.74, 6) is -0.0636. The van der Waals surface area contributed by atoms with E-state index in [0.717, 1.165) is 28.0 Å². The van der Waals surface area contributed by atoms with Gasteiger partial charge in [0.25, 0.3) is 5.91 Å². The van der Waals surface area contributed by atoms with E-state index in [1.165, 1.54) is 0 Å². The van der Waals surface area contributed by atoms with E-state index < -0.39 is 18.6 Å². The third-order valence-electron chi connectivity index (χ3n) is 7.59. The van der Waals surface area contributed by atoms with Crippen molar-refractivity contribution in [3.05, 3.63) is 83.4 Å². The number of methoxy groups -OCH3 is 1. The molecule has 0 bridgehead atoms. The van der Waals surface area contributed by atoms with Gasteiger partial charge >= 0.3 is 12.1 Å². The Hall–Kier alpha value is -4.01. The molecule has 1 N–H and O–H groups in total. The molecule has 42 heavy (non-hydrogen) atoms. The lowest BCUT2D eigenvalue weighted by atomic mass is 9.93. The molecule has 9 heteroatoms. The maximum atomic E-state index is 13.2. The van der Waals surface area contributed by atoms with E-state index in [1.54, 1.807) is 43.2 Å². The van der Waals surface area contributed by atoms with Crippen LogP contribution in [0.1, 0.15) is 60.1 Å². The van der Waals surface area contributed by atoms with Crippen molar-refractivity contribution in [3.8, 4) is 16.9 Å². The number of benzene rings is 3. The summed E-state index contributed by atoms with van der Waals surface area (Å²) in [6.07, 6.45) is -3.96. The highest BCUT2D eigenvalue weighted by molar-refractivity contribution is 5.95. The largest absolute Gasteiger partial charge is 0.497 e. The summed E-state index contributed by atoms with van der Waals surface area (Å²) < 4.78 is 50.1. The van der Waals surface area contributed by atoms with Crippen LogP contribution in [0.25, 0.3) is 11.1 Å². The quantitative estimate of drug-likeness (QED) is 0.250. The molecule has 1 fully saturated rings. The van der Waals surface area contributed by atoms with Gasteiger partial charge in [0.05, 0.1) is 25.7 Å². The van der Waals surface area contributed by atoms with Gasteiger partial charge in [0.1, 0.15) is 5.75 Å². The van der Waals surface area contributed by atoms with E-state index in [0.29, 0.717) is 43.8 Å². The minimum atomic E-state index is -4.29. The summed E-state index contributed by atoms with van der Waals surface area (Å²) in [4.78, 5) is 27.0. The number of likely N-dealkylation sites (tertiary alicyclic amines) is 1. The number of aryl methyl sites for hydroxylation is 1. The number of piperidine rings is 1. The van der Waals surface area contributed by atoms with E-state index >= 15 is 0 Å². The maximum absolute atomic E-state index is 13.2. The standard InChI is InChI=1S/C33H37F3N2O4/c1-4-42-32(40)26-6-5-19-38(21-26)31(39)24-7-12-27(13-8-24)37-30(17-18-33(34,35)36)29-16-11-25(20-22(29)2)23-9-14-28(41-3)15-10-23/h7-16,20,26,30,37H,4-6,17-19,21H2,1-3H3/t26-,30?/m1/s1. The molecule has 3 aromatic carbocycles. The SMILES string of the molecule is CCOC(=O)[C@@H]1CCCN(C(=O)c2ccc(NC(CCC(F)(F)F)c3ccc(-c4ccc(OC)cc4)cc3C)cc2)C1. The number of ether oxygens (including phenoxy) is 2. The zero-order valence-electron chi connectivity index (χ0n) is 24.2. The second-order valence-corrected chi connectivity index (χ2v) is 10.6. The first-order valence-electron chi connectivity index (χ1n) is 14.2. The van der Waals surface area contributed by atoms with Crippen LogP contribution in [-0.4, -0.2) is 49.8 Å². The Bertz CT molecular complexity index is 1360. The minimum Gasteiger partial charge on any atom is -0.497 e.